The smallest absolute Gasteiger partial charge is 0.242 e. The fourth-order valence-corrected chi connectivity index (χ4v) is 4.14. The largest absolute Gasteiger partial charge is 0.399 e. The summed E-state index contributed by atoms with van der Waals surface area (Å²) in [6.07, 6.45) is 1.94. The molecule has 1 aromatic rings. The lowest BCUT2D eigenvalue weighted by molar-refractivity contribution is 0.143. The van der Waals surface area contributed by atoms with E-state index in [0.29, 0.717) is 12.2 Å². The van der Waals surface area contributed by atoms with Gasteiger partial charge in [-0.3, -0.25) is 0 Å². The minimum Gasteiger partial charge on any atom is -0.399 e. The zero-order chi connectivity index (χ0) is 15.7. The molecule has 0 amide bonds. The van der Waals surface area contributed by atoms with Crippen LogP contribution >= 0.6 is 11.6 Å². The Morgan fingerprint density at radius 3 is 2.62 bits per heavy atom. The Hall–Kier alpha value is -0.820. The van der Waals surface area contributed by atoms with Crippen LogP contribution in [0.25, 0.3) is 0 Å². The summed E-state index contributed by atoms with van der Waals surface area (Å²) in [5.74, 6) is 0. The van der Waals surface area contributed by atoms with E-state index in [1.165, 1.54) is 12.1 Å². The molecule has 5 nitrogen and oxygen atoms in total. The Morgan fingerprint density at radius 1 is 1.38 bits per heavy atom. The van der Waals surface area contributed by atoms with Crippen molar-refractivity contribution in [2.45, 2.75) is 24.7 Å². The highest BCUT2D eigenvalue weighted by atomic mass is 35.5. The second-order valence-corrected chi connectivity index (χ2v) is 8.27. The maximum absolute atomic E-state index is 12.4. The molecule has 2 rings (SSSR count). The molecule has 1 fully saturated rings. The van der Waals surface area contributed by atoms with Crippen LogP contribution in [0.5, 0.6) is 0 Å². The normalized spacial score (nSPS) is 19.6. The molecule has 7 heteroatoms. The highest BCUT2D eigenvalue weighted by Crippen LogP contribution is 2.30. The van der Waals surface area contributed by atoms with Crippen molar-refractivity contribution in [2.24, 2.45) is 5.41 Å². The summed E-state index contributed by atoms with van der Waals surface area (Å²) in [6.45, 7) is 4.49. The second-order valence-electron chi connectivity index (χ2n) is 6.13. The number of hydrogen-bond donors (Lipinski definition) is 2. The van der Waals surface area contributed by atoms with E-state index < -0.39 is 10.0 Å². The van der Waals surface area contributed by atoms with Gasteiger partial charge in [0.2, 0.25) is 10.0 Å². The highest BCUT2D eigenvalue weighted by Gasteiger charge is 2.31. The van der Waals surface area contributed by atoms with E-state index in [4.69, 9.17) is 17.3 Å². The number of rotatable bonds is 4. The molecule has 0 aliphatic carbocycles. The first-order valence-electron chi connectivity index (χ1n) is 6.95. The maximum atomic E-state index is 12.4. The van der Waals surface area contributed by atoms with Crippen molar-refractivity contribution in [3.63, 3.8) is 0 Å². The van der Waals surface area contributed by atoms with Gasteiger partial charge in [0.15, 0.2) is 0 Å². The maximum Gasteiger partial charge on any atom is 0.242 e. The van der Waals surface area contributed by atoms with Gasteiger partial charge >= 0.3 is 0 Å². The lowest BCUT2D eigenvalue weighted by atomic mass is 9.81. The Kier molecular flexibility index (Phi) is 4.82. The van der Waals surface area contributed by atoms with E-state index in [-0.39, 0.29) is 15.3 Å². The van der Waals surface area contributed by atoms with Crippen LogP contribution in [0.15, 0.2) is 23.1 Å². The summed E-state index contributed by atoms with van der Waals surface area (Å²) >= 11 is 5.97. The van der Waals surface area contributed by atoms with Crippen molar-refractivity contribution in [3.05, 3.63) is 23.2 Å². The van der Waals surface area contributed by atoms with Gasteiger partial charge in [-0.1, -0.05) is 18.5 Å². The van der Waals surface area contributed by atoms with Crippen LogP contribution in [0.3, 0.4) is 0 Å². The zero-order valence-corrected chi connectivity index (χ0v) is 14.0. The zero-order valence-electron chi connectivity index (χ0n) is 12.4. The first kappa shape index (κ1) is 16.5. The number of piperidine rings is 1. The number of anilines is 1. The number of halogens is 1. The third-order valence-electron chi connectivity index (χ3n) is 4.13. The van der Waals surface area contributed by atoms with Crippen LogP contribution in [-0.4, -0.2) is 40.0 Å². The Morgan fingerprint density at radius 2 is 2.00 bits per heavy atom. The summed E-state index contributed by atoms with van der Waals surface area (Å²) in [5.41, 5.74) is 6.01. The van der Waals surface area contributed by atoms with E-state index in [9.17, 15) is 8.42 Å². The van der Waals surface area contributed by atoms with Crippen molar-refractivity contribution < 1.29 is 8.42 Å². The van der Waals surface area contributed by atoms with E-state index in [0.717, 1.165) is 25.9 Å². The molecular weight excluding hydrogens is 310 g/mol. The number of benzene rings is 1. The average Bonchev–Trinajstić information content (AvgIpc) is 2.43. The van der Waals surface area contributed by atoms with Crippen molar-refractivity contribution in [1.82, 2.24) is 9.62 Å². The van der Waals surface area contributed by atoms with Gasteiger partial charge in [-0.05, 0) is 56.6 Å². The summed E-state index contributed by atoms with van der Waals surface area (Å²) in [7, 11) is -1.56. The standard InChI is InChI=1S/C14H22ClN3O2S/c1-14(5-7-18(2)8-6-14)10-17-21(19,20)13-9-11(16)3-4-12(13)15/h3-4,9,17H,5-8,10,16H2,1-2H3. The molecule has 0 unspecified atom stereocenters. The minimum absolute atomic E-state index is 0.0214. The van der Waals surface area contributed by atoms with E-state index in [1.54, 1.807) is 6.07 Å². The predicted molar refractivity (Wildman–Crippen MR) is 85.9 cm³/mol. The minimum atomic E-state index is -3.64. The fraction of sp³-hybridized carbons (Fsp3) is 0.571. The summed E-state index contributed by atoms with van der Waals surface area (Å²) in [6, 6.07) is 4.48. The van der Waals surface area contributed by atoms with Gasteiger partial charge in [-0.25, -0.2) is 13.1 Å². The van der Waals surface area contributed by atoms with Gasteiger partial charge in [0.25, 0.3) is 0 Å². The van der Waals surface area contributed by atoms with Crippen LogP contribution in [0.2, 0.25) is 5.02 Å². The quantitative estimate of drug-likeness (QED) is 0.827. The van der Waals surface area contributed by atoms with Crippen LogP contribution in [0.1, 0.15) is 19.8 Å². The Bertz CT molecular complexity index is 611. The molecule has 118 valence electrons. The Labute approximate surface area is 131 Å². The molecule has 0 bridgehead atoms. The SMILES string of the molecule is CN1CCC(C)(CNS(=O)(=O)c2cc(N)ccc2Cl)CC1. The van der Waals surface area contributed by atoms with Gasteiger partial charge in [-0.15, -0.1) is 0 Å². The third kappa shape index (κ3) is 4.10. The highest BCUT2D eigenvalue weighted by molar-refractivity contribution is 7.89. The van der Waals surface area contributed by atoms with Crippen LogP contribution in [0, 0.1) is 5.41 Å². The summed E-state index contributed by atoms with van der Waals surface area (Å²) in [4.78, 5) is 2.30. The monoisotopic (exact) mass is 331 g/mol. The van der Waals surface area contributed by atoms with Gasteiger partial charge in [-0.2, -0.15) is 0 Å². The van der Waals surface area contributed by atoms with Gasteiger partial charge in [0.05, 0.1) is 5.02 Å². The molecule has 0 spiro atoms. The average molecular weight is 332 g/mol. The van der Waals surface area contributed by atoms with Gasteiger partial charge in [0, 0.05) is 12.2 Å². The second kappa shape index (κ2) is 6.12. The lowest BCUT2D eigenvalue weighted by Crippen LogP contribution is -2.43. The van der Waals surface area contributed by atoms with Gasteiger partial charge in [0.1, 0.15) is 4.90 Å². The van der Waals surface area contributed by atoms with E-state index in [1.807, 2.05) is 0 Å². The number of nitrogens with one attached hydrogen (secondary N) is 1. The number of nitrogens with zero attached hydrogens (tertiary/aromatic N) is 1. The molecule has 1 aliphatic rings. The van der Waals surface area contributed by atoms with E-state index in [2.05, 4.69) is 23.6 Å². The molecule has 1 aromatic carbocycles. The molecule has 1 saturated heterocycles. The van der Waals surface area contributed by atoms with Gasteiger partial charge < -0.3 is 10.6 Å². The number of hydrogen-bond acceptors (Lipinski definition) is 4. The summed E-state index contributed by atoms with van der Waals surface area (Å²) < 4.78 is 27.5. The predicted octanol–water partition coefficient (Wildman–Crippen LogP) is 1.93. The number of nitrogens with two attached hydrogens (primary N) is 1. The van der Waals surface area contributed by atoms with Crippen LogP contribution in [-0.2, 0) is 10.0 Å². The first-order chi connectivity index (χ1) is 9.72. The molecule has 0 atom stereocenters. The van der Waals surface area contributed by atoms with Crippen molar-refractivity contribution >= 4 is 27.3 Å². The van der Waals surface area contributed by atoms with Crippen molar-refractivity contribution in [1.29, 1.82) is 0 Å². The third-order valence-corrected chi connectivity index (χ3v) is 6.01. The van der Waals surface area contributed by atoms with E-state index >= 15 is 0 Å². The molecule has 0 aromatic heterocycles. The molecule has 1 aliphatic heterocycles. The Balaban J connectivity index is 2.09. The molecule has 0 saturated carbocycles. The number of likely N-dealkylation sites (tertiary alicyclic amines) is 1. The first-order valence-corrected chi connectivity index (χ1v) is 8.81. The topological polar surface area (TPSA) is 75.4 Å². The molecule has 0 radical (unpaired) electrons. The number of nitrogen functional groups attached to an aromatic ring is 1. The fourth-order valence-electron chi connectivity index (χ4n) is 2.41. The molecular formula is C14H22ClN3O2S. The number of sulfonamides is 1. The van der Waals surface area contributed by atoms with Crippen LogP contribution in [0.4, 0.5) is 5.69 Å². The van der Waals surface area contributed by atoms with Crippen LogP contribution < -0.4 is 10.5 Å². The lowest BCUT2D eigenvalue weighted by Gasteiger charge is -2.37. The molecule has 1 heterocycles. The van der Waals surface area contributed by atoms with Crippen molar-refractivity contribution in [2.75, 3.05) is 32.4 Å². The van der Waals surface area contributed by atoms with Crippen molar-refractivity contribution in [3.8, 4) is 0 Å². The molecule has 21 heavy (non-hydrogen) atoms. The summed E-state index contributed by atoms with van der Waals surface area (Å²) in [5, 5.41) is 0.185. The molecule has 3 N–H and O–H groups in total.